The molecule has 1 saturated heterocycles. The van der Waals surface area contributed by atoms with Crippen LogP contribution in [0.15, 0.2) is 0 Å². The Morgan fingerprint density at radius 3 is 2.20 bits per heavy atom. The lowest BCUT2D eigenvalue weighted by atomic mass is 9.35. The average Bonchev–Trinajstić information content (AvgIpc) is 3.34. The van der Waals surface area contributed by atoms with E-state index in [2.05, 4.69) is 71.3 Å². The Kier molecular flexibility index (Phi) is 6.13. The summed E-state index contributed by atoms with van der Waals surface area (Å²) in [6.45, 7) is 19.0. The molecule has 1 heterocycles. The van der Waals surface area contributed by atoms with Crippen LogP contribution in [0.25, 0.3) is 0 Å². The van der Waals surface area contributed by atoms with Crippen molar-refractivity contribution in [3.63, 3.8) is 0 Å². The van der Waals surface area contributed by atoms with Crippen molar-refractivity contribution in [1.29, 1.82) is 0 Å². The van der Waals surface area contributed by atoms with E-state index in [0.29, 0.717) is 41.8 Å². The molecule has 1 aliphatic heterocycles. The second-order valence-electron chi connectivity index (χ2n) is 15.4. The predicted octanol–water partition coefficient (Wildman–Crippen LogP) is 7.57. The van der Waals surface area contributed by atoms with Crippen LogP contribution in [0.1, 0.15) is 113 Å². The maximum Gasteiger partial charge on any atom is 0.138 e. The van der Waals surface area contributed by atoms with Crippen LogP contribution in [0.3, 0.4) is 0 Å². The van der Waals surface area contributed by atoms with Crippen LogP contribution in [0.5, 0.6) is 0 Å². The summed E-state index contributed by atoms with van der Waals surface area (Å²) in [5.74, 6) is 2.55. The topological polar surface area (TPSA) is 46.5 Å². The third-order valence-corrected chi connectivity index (χ3v) is 14.6. The molecule has 4 heteroatoms. The van der Waals surface area contributed by atoms with Crippen LogP contribution in [0, 0.1) is 51.2 Å². The third kappa shape index (κ3) is 3.30. The van der Waals surface area contributed by atoms with E-state index >= 15 is 0 Å². The molecule has 5 rings (SSSR count). The van der Waals surface area contributed by atoms with E-state index < -0.39 is 0 Å². The zero-order valence-electron chi connectivity index (χ0n) is 23.7. The van der Waals surface area contributed by atoms with Crippen molar-refractivity contribution >= 4 is 21.7 Å². The highest BCUT2D eigenvalue weighted by atomic mass is 79.9. The molecule has 0 amide bonds. The van der Waals surface area contributed by atoms with Gasteiger partial charge in [0.05, 0.1) is 17.3 Å². The summed E-state index contributed by atoms with van der Waals surface area (Å²) >= 11 is 3.79. The Labute approximate surface area is 223 Å². The fourth-order valence-electron chi connectivity index (χ4n) is 11.2. The summed E-state index contributed by atoms with van der Waals surface area (Å²) in [5.41, 5.74) is -0.0445. The molecule has 10 atom stereocenters. The monoisotopic (exact) mass is 550 g/mol. The van der Waals surface area contributed by atoms with Gasteiger partial charge in [-0.1, -0.05) is 64.4 Å². The summed E-state index contributed by atoms with van der Waals surface area (Å²) < 4.78 is 7.09. The van der Waals surface area contributed by atoms with Crippen molar-refractivity contribution in [2.75, 3.05) is 5.33 Å². The van der Waals surface area contributed by atoms with Gasteiger partial charge in [-0.05, 0) is 104 Å². The van der Waals surface area contributed by atoms with Gasteiger partial charge in [0, 0.05) is 17.2 Å². The number of ketones is 1. The molecule has 0 spiro atoms. The molecule has 4 saturated carbocycles. The summed E-state index contributed by atoms with van der Waals surface area (Å²) in [7, 11) is 0. The summed E-state index contributed by atoms with van der Waals surface area (Å²) in [5, 5.41) is 12.9. The molecule has 0 aromatic heterocycles. The molecule has 35 heavy (non-hydrogen) atoms. The molecule has 5 fully saturated rings. The number of carbonyl (C=O) groups excluding carboxylic acids is 1. The van der Waals surface area contributed by atoms with Crippen LogP contribution in [-0.4, -0.2) is 33.5 Å². The van der Waals surface area contributed by atoms with Crippen LogP contribution in [-0.2, 0) is 9.53 Å². The molecule has 0 bridgehead atoms. The Bertz CT molecular complexity index is 884. The van der Waals surface area contributed by atoms with Crippen LogP contribution < -0.4 is 0 Å². The first-order valence-corrected chi connectivity index (χ1v) is 15.7. The first-order valence-electron chi connectivity index (χ1n) is 14.6. The number of aliphatic hydroxyl groups excluding tert-OH is 1. The van der Waals surface area contributed by atoms with Gasteiger partial charge in [-0.3, -0.25) is 4.79 Å². The zero-order chi connectivity index (χ0) is 25.8. The molecule has 3 nitrogen and oxygen atoms in total. The SMILES string of the molecule is CC(C)C1(CBr)CCC(C)(C2CCC3(C)C2C(O)CC2C4(C)CCC(=O)C(C)(C)C4CCC23C)O1. The number of aliphatic hydroxyl groups is 1. The number of rotatable bonds is 3. The molecule has 4 aliphatic carbocycles. The second-order valence-corrected chi connectivity index (χ2v) is 15.9. The highest BCUT2D eigenvalue weighted by molar-refractivity contribution is 9.09. The Balaban J connectivity index is 1.49. The maximum absolute atomic E-state index is 12.9. The summed E-state index contributed by atoms with van der Waals surface area (Å²) in [4.78, 5) is 12.9. The summed E-state index contributed by atoms with van der Waals surface area (Å²) in [6, 6.07) is 0. The number of halogens is 1. The summed E-state index contributed by atoms with van der Waals surface area (Å²) in [6.07, 6.45) is 9.22. The van der Waals surface area contributed by atoms with Gasteiger partial charge in [-0.15, -0.1) is 0 Å². The van der Waals surface area contributed by atoms with Gasteiger partial charge in [0.2, 0.25) is 0 Å². The van der Waals surface area contributed by atoms with Crippen LogP contribution >= 0.6 is 15.9 Å². The fourth-order valence-corrected chi connectivity index (χ4v) is 12.2. The lowest BCUT2D eigenvalue weighted by Gasteiger charge is -2.69. The van der Waals surface area contributed by atoms with Crippen molar-refractivity contribution in [3.05, 3.63) is 0 Å². The second kappa shape index (κ2) is 8.04. The number of Topliss-reactive ketones (excluding diaryl/α,β-unsaturated/α-hetero) is 1. The van der Waals surface area contributed by atoms with Gasteiger partial charge in [0.25, 0.3) is 0 Å². The number of carbonyl (C=O) groups is 1. The fraction of sp³-hybridized carbons (Fsp3) is 0.968. The molecule has 5 aliphatic rings. The van der Waals surface area contributed by atoms with Crippen LogP contribution in [0.4, 0.5) is 0 Å². The minimum Gasteiger partial charge on any atom is -0.393 e. The van der Waals surface area contributed by atoms with E-state index in [1.165, 1.54) is 12.8 Å². The highest BCUT2D eigenvalue weighted by Gasteiger charge is 2.72. The van der Waals surface area contributed by atoms with E-state index in [1.54, 1.807) is 0 Å². The zero-order valence-corrected chi connectivity index (χ0v) is 25.3. The molecule has 0 aromatic carbocycles. The van der Waals surface area contributed by atoms with Gasteiger partial charge in [-0.2, -0.15) is 0 Å². The van der Waals surface area contributed by atoms with Gasteiger partial charge >= 0.3 is 0 Å². The minimum atomic E-state index is -0.277. The Hall–Kier alpha value is 0.0700. The lowest BCUT2D eigenvalue weighted by Crippen LogP contribution is -2.66. The number of ether oxygens (including phenoxy) is 1. The molecule has 1 N–H and O–H groups in total. The van der Waals surface area contributed by atoms with Crippen LogP contribution in [0.2, 0.25) is 0 Å². The molecular weight excluding hydrogens is 500 g/mol. The van der Waals surface area contributed by atoms with E-state index in [9.17, 15) is 9.90 Å². The van der Waals surface area contributed by atoms with E-state index in [4.69, 9.17) is 4.74 Å². The van der Waals surface area contributed by atoms with E-state index in [1.807, 2.05) is 0 Å². The Morgan fingerprint density at radius 1 is 0.943 bits per heavy atom. The molecular formula is C31H51BrO3. The van der Waals surface area contributed by atoms with Gasteiger partial charge in [-0.25, -0.2) is 0 Å². The predicted molar refractivity (Wildman–Crippen MR) is 145 cm³/mol. The largest absolute Gasteiger partial charge is 0.393 e. The standard InChI is InChI=1S/C31H51BrO3/c1-19(2)31(18-32)16-15-30(8,35-31)20-9-13-29(7)25(20)21(33)17-23-27(5)12-11-24(34)26(3,4)22(27)10-14-28(23,29)6/h19-23,25,33H,9-18H2,1-8H3. The molecule has 0 radical (unpaired) electrons. The van der Waals surface area contributed by atoms with Crippen molar-refractivity contribution in [2.24, 2.45) is 51.2 Å². The van der Waals surface area contributed by atoms with E-state index in [-0.39, 0.29) is 39.0 Å². The van der Waals surface area contributed by atoms with Crippen molar-refractivity contribution in [3.8, 4) is 0 Å². The van der Waals surface area contributed by atoms with Gasteiger partial charge in [0.1, 0.15) is 5.78 Å². The van der Waals surface area contributed by atoms with Crippen molar-refractivity contribution in [2.45, 2.75) is 130 Å². The molecule has 10 unspecified atom stereocenters. The Morgan fingerprint density at radius 2 is 1.60 bits per heavy atom. The van der Waals surface area contributed by atoms with Gasteiger partial charge < -0.3 is 9.84 Å². The van der Waals surface area contributed by atoms with Crippen molar-refractivity contribution in [1.82, 2.24) is 0 Å². The normalized spacial score (nSPS) is 55.5. The highest BCUT2D eigenvalue weighted by Crippen LogP contribution is 2.76. The number of alkyl halides is 1. The number of hydrogen-bond donors (Lipinski definition) is 1. The minimum absolute atomic E-state index is 0.0917. The number of hydrogen-bond acceptors (Lipinski definition) is 3. The molecule has 200 valence electrons. The molecule has 0 aromatic rings. The maximum atomic E-state index is 12.9. The third-order valence-electron chi connectivity index (χ3n) is 13.7. The van der Waals surface area contributed by atoms with E-state index in [0.717, 1.165) is 43.9 Å². The first kappa shape index (κ1) is 26.7. The van der Waals surface area contributed by atoms with Crippen molar-refractivity contribution < 1.29 is 14.6 Å². The number of fused-ring (bicyclic) bond motifs is 5. The quantitative estimate of drug-likeness (QED) is 0.368. The average molecular weight is 552 g/mol. The van der Waals surface area contributed by atoms with Gasteiger partial charge in [0.15, 0.2) is 0 Å². The smallest absolute Gasteiger partial charge is 0.138 e. The lowest BCUT2D eigenvalue weighted by molar-refractivity contribution is -0.236. The first-order chi connectivity index (χ1) is 16.1.